The molecule has 1 aliphatic rings. The molecule has 0 unspecified atom stereocenters. The van der Waals surface area contributed by atoms with Crippen molar-refractivity contribution in [3.8, 4) is 0 Å². The van der Waals surface area contributed by atoms with Crippen molar-refractivity contribution in [3.05, 3.63) is 76.7 Å². The zero-order valence-corrected chi connectivity index (χ0v) is 18.3. The molecular weight excluding hydrogens is 328 g/mol. The highest BCUT2D eigenvalue weighted by Gasteiger charge is 2.22. The van der Waals surface area contributed by atoms with Crippen molar-refractivity contribution in [2.75, 3.05) is 20.1 Å². The maximum atomic E-state index is 4.37. The topological polar surface area (TPSA) is 15.3 Å². The number of aryl methyl sites for hydroxylation is 2. The standard InChI is InChI=1S/C25H36N2/c1-17-10-11-18(2)22(14-17)23-16-27(13-12-19(23)3)21(5)20(4)15-24(26-9)25(6,7)8/h10-11,14-15,26H,4-5,12-13,16H2,1-3,6-9H3/b24-15-. The Morgan fingerprint density at radius 3 is 2.41 bits per heavy atom. The largest absolute Gasteiger partial charge is 0.391 e. The molecule has 0 aliphatic carbocycles. The molecule has 2 nitrogen and oxygen atoms in total. The molecule has 2 rings (SSSR count). The monoisotopic (exact) mass is 364 g/mol. The molecule has 0 atom stereocenters. The van der Waals surface area contributed by atoms with Crippen LogP contribution in [0.15, 0.2) is 60.0 Å². The Kier molecular flexibility index (Phi) is 6.41. The van der Waals surface area contributed by atoms with E-state index in [9.17, 15) is 0 Å². The van der Waals surface area contributed by atoms with Gasteiger partial charge in [-0.15, -0.1) is 0 Å². The minimum Gasteiger partial charge on any atom is -0.391 e. The Morgan fingerprint density at radius 2 is 1.81 bits per heavy atom. The van der Waals surface area contributed by atoms with Gasteiger partial charge in [0.15, 0.2) is 0 Å². The highest BCUT2D eigenvalue weighted by molar-refractivity contribution is 5.73. The molecule has 0 aromatic heterocycles. The second-order valence-corrected chi connectivity index (χ2v) is 8.78. The number of rotatable bonds is 5. The molecule has 1 aliphatic heterocycles. The van der Waals surface area contributed by atoms with Crippen LogP contribution in [0, 0.1) is 19.3 Å². The molecule has 0 fully saturated rings. The number of hydrogen-bond acceptors (Lipinski definition) is 2. The molecule has 2 heteroatoms. The first kappa shape index (κ1) is 21.1. The van der Waals surface area contributed by atoms with E-state index in [4.69, 9.17) is 0 Å². The SMILES string of the molecule is C=C(/C=C(\NC)C(C)(C)C)C(=C)N1CCC(C)=C(c2cc(C)ccc2C)C1. The lowest BCUT2D eigenvalue weighted by atomic mass is 9.89. The van der Waals surface area contributed by atoms with Crippen LogP contribution in [0.5, 0.6) is 0 Å². The van der Waals surface area contributed by atoms with E-state index >= 15 is 0 Å². The maximum Gasteiger partial charge on any atom is 0.0435 e. The average Bonchev–Trinajstić information content (AvgIpc) is 2.60. The number of nitrogens with one attached hydrogen (secondary N) is 1. The summed E-state index contributed by atoms with van der Waals surface area (Å²) in [6.45, 7) is 23.8. The minimum atomic E-state index is 0.0558. The third-order valence-electron chi connectivity index (χ3n) is 5.49. The van der Waals surface area contributed by atoms with Gasteiger partial charge >= 0.3 is 0 Å². The van der Waals surface area contributed by atoms with Crippen molar-refractivity contribution in [1.82, 2.24) is 10.2 Å². The molecule has 0 spiro atoms. The van der Waals surface area contributed by atoms with Crippen molar-refractivity contribution < 1.29 is 0 Å². The minimum absolute atomic E-state index is 0.0558. The fraction of sp³-hybridized carbons (Fsp3) is 0.440. The lowest BCUT2D eigenvalue weighted by Gasteiger charge is -2.34. The van der Waals surface area contributed by atoms with Crippen LogP contribution >= 0.6 is 0 Å². The third-order valence-corrected chi connectivity index (χ3v) is 5.49. The smallest absolute Gasteiger partial charge is 0.0435 e. The van der Waals surface area contributed by atoms with E-state index < -0.39 is 0 Å². The maximum absolute atomic E-state index is 4.37. The molecule has 0 radical (unpaired) electrons. The highest BCUT2D eigenvalue weighted by Crippen LogP contribution is 2.32. The van der Waals surface area contributed by atoms with E-state index in [-0.39, 0.29) is 5.41 Å². The summed E-state index contributed by atoms with van der Waals surface area (Å²) in [4.78, 5) is 2.37. The lowest BCUT2D eigenvalue weighted by molar-refractivity contribution is 0.384. The Bertz CT molecular complexity index is 800. The number of hydrogen-bond donors (Lipinski definition) is 1. The van der Waals surface area contributed by atoms with Crippen molar-refractivity contribution in [2.45, 2.75) is 48.0 Å². The van der Waals surface area contributed by atoms with E-state index in [1.807, 2.05) is 7.05 Å². The first-order chi connectivity index (χ1) is 12.5. The fourth-order valence-electron chi connectivity index (χ4n) is 3.59. The molecular formula is C25H36N2. The van der Waals surface area contributed by atoms with Crippen molar-refractivity contribution >= 4 is 5.57 Å². The highest BCUT2D eigenvalue weighted by atomic mass is 15.1. The zero-order valence-electron chi connectivity index (χ0n) is 18.3. The van der Waals surface area contributed by atoms with Gasteiger partial charge in [0.2, 0.25) is 0 Å². The van der Waals surface area contributed by atoms with Crippen molar-refractivity contribution in [3.63, 3.8) is 0 Å². The Hall–Kier alpha value is -2.22. The molecule has 1 N–H and O–H groups in total. The first-order valence-corrected chi connectivity index (χ1v) is 9.84. The molecule has 0 saturated carbocycles. The fourth-order valence-corrected chi connectivity index (χ4v) is 3.59. The number of allylic oxidation sites excluding steroid dienone is 2. The van der Waals surface area contributed by atoms with Crippen LogP contribution in [0.2, 0.25) is 0 Å². The quantitative estimate of drug-likeness (QED) is 0.644. The predicted molar refractivity (Wildman–Crippen MR) is 120 cm³/mol. The van der Waals surface area contributed by atoms with Gasteiger partial charge < -0.3 is 10.2 Å². The van der Waals surface area contributed by atoms with Crippen molar-refractivity contribution in [2.24, 2.45) is 5.41 Å². The van der Waals surface area contributed by atoms with Gasteiger partial charge in [-0.25, -0.2) is 0 Å². The normalized spacial score (nSPS) is 15.8. The summed E-state index contributed by atoms with van der Waals surface area (Å²) in [5, 5.41) is 3.32. The summed E-state index contributed by atoms with van der Waals surface area (Å²) in [5.74, 6) is 0. The van der Waals surface area contributed by atoms with Crippen LogP contribution in [-0.4, -0.2) is 25.0 Å². The van der Waals surface area contributed by atoms with Gasteiger partial charge in [0.1, 0.15) is 0 Å². The summed E-state index contributed by atoms with van der Waals surface area (Å²) in [7, 11) is 1.97. The van der Waals surface area contributed by atoms with Gasteiger partial charge in [-0.05, 0) is 55.5 Å². The average molecular weight is 365 g/mol. The van der Waals surface area contributed by atoms with Crippen LogP contribution in [0.3, 0.4) is 0 Å². The summed E-state index contributed by atoms with van der Waals surface area (Å²) in [6, 6.07) is 6.73. The predicted octanol–water partition coefficient (Wildman–Crippen LogP) is 6.00. The van der Waals surface area contributed by atoms with E-state index in [2.05, 4.69) is 89.2 Å². The van der Waals surface area contributed by atoms with Gasteiger partial charge in [-0.1, -0.05) is 63.3 Å². The van der Waals surface area contributed by atoms with Crippen LogP contribution in [0.25, 0.3) is 5.57 Å². The third kappa shape index (κ3) is 4.94. The summed E-state index contributed by atoms with van der Waals surface area (Å²) < 4.78 is 0. The van der Waals surface area contributed by atoms with Crippen molar-refractivity contribution in [1.29, 1.82) is 0 Å². The molecule has 0 saturated heterocycles. The van der Waals surface area contributed by atoms with Gasteiger partial charge in [-0.3, -0.25) is 0 Å². The van der Waals surface area contributed by atoms with Crippen LogP contribution in [0.4, 0.5) is 0 Å². The van der Waals surface area contributed by atoms with Gasteiger partial charge in [0, 0.05) is 36.9 Å². The van der Waals surface area contributed by atoms with Gasteiger partial charge in [0.05, 0.1) is 0 Å². The Labute approximate surface area is 166 Å². The lowest BCUT2D eigenvalue weighted by Crippen LogP contribution is -2.31. The van der Waals surface area contributed by atoms with Crippen LogP contribution in [0.1, 0.15) is 50.8 Å². The Balaban J connectivity index is 2.27. The molecule has 0 amide bonds. The number of nitrogens with zero attached hydrogens (tertiary/aromatic N) is 1. The van der Waals surface area contributed by atoms with E-state index in [1.54, 1.807) is 0 Å². The molecule has 0 bridgehead atoms. The zero-order chi connectivity index (χ0) is 20.4. The number of benzene rings is 1. The summed E-state index contributed by atoms with van der Waals surface area (Å²) in [5.41, 5.74) is 10.2. The van der Waals surface area contributed by atoms with E-state index in [0.717, 1.165) is 30.8 Å². The molecule has 1 aromatic rings. The second kappa shape index (κ2) is 8.21. The second-order valence-electron chi connectivity index (χ2n) is 8.78. The molecule has 1 heterocycles. The van der Waals surface area contributed by atoms with E-state index in [0.29, 0.717) is 0 Å². The molecule has 146 valence electrons. The molecule has 27 heavy (non-hydrogen) atoms. The van der Waals surface area contributed by atoms with Crippen LogP contribution < -0.4 is 5.32 Å². The van der Waals surface area contributed by atoms with Gasteiger partial charge in [0.25, 0.3) is 0 Å². The van der Waals surface area contributed by atoms with E-state index in [1.165, 1.54) is 33.5 Å². The van der Waals surface area contributed by atoms with Gasteiger partial charge in [-0.2, -0.15) is 0 Å². The summed E-state index contributed by atoms with van der Waals surface area (Å²) >= 11 is 0. The summed E-state index contributed by atoms with van der Waals surface area (Å²) in [6.07, 6.45) is 3.21. The Morgan fingerprint density at radius 1 is 1.15 bits per heavy atom. The first-order valence-electron chi connectivity index (χ1n) is 9.84. The van der Waals surface area contributed by atoms with Crippen LogP contribution in [-0.2, 0) is 0 Å². The molecule has 1 aromatic carbocycles.